The Morgan fingerprint density at radius 3 is 2.78 bits per heavy atom. The van der Waals surface area contributed by atoms with E-state index in [1.165, 1.54) is 0 Å². The third kappa shape index (κ3) is 4.16. The SMILES string of the molecule is CNC1CCN(c2cnc3ccc(C4=CCN=C4c4cccc(COC)c4)nc3c2)CC1. The summed E-state index contributed by atoms with van der Waals surface area (Å²) in [5.41, 5.74) is 8.26. The number of aliphatic imine (C=N–C) groups is 1. The van der Waals surface area contributed by atoms with Crippen molar-refractivity contribution in [2.45, 2.75) is 25.5 Å². The Morgan fingerprint density at radius 1 is 1.09 bits per heavy atom. The highest BCUT2D eigenvalue weighted by Gasteiger charge is 2.20. The summed E-state index contributed by atoms with van der Waals surface area (Å²) in [5.74, 6) is 0. The molecule has 32 heavy (non-hydrogen) atoms. The van der Waals surface area contributed by atoms with Gasteiger partial charge in [0.05, 0.1) is 47.5 Å². The number of nitrogens with one attached hydrogen (secondary N) is 1. The lowest BCUT2D eigenvalue weighted by Crippen LogP contribution is -2.41. The molecule has 0 atom stereocenters. The number of allylic oxidation sites excluding steroid dienone is 1. The van der Waals surface area contributed by atoms with E-state index in [1.54, 1.807) is 7.11 Å². The fourth-order valence-corrected chi connectivity index (χ4v) is 4.60. The molecule has 1 N–H and O–H groups in total. The summed E-state index contributed by atoms with van der Waals surface area (Å²) in [6, 6.07) is 15.3. The van der Waals surface area contributed by atoms with Gasteiger partial charge in [-0.2, -0.15) is 0 Å². The van der Waals surface area contributed by atoms with Crippen molar-refractivity contribution < 1.29 is 4.74 Å². The van der Waals surface area contributed by atoms with Crippen molar-refractivity contribution in [3.8, 4) is 0 Å². The highest BCUT2D eigenvalue weighted by atomic mass is 16.5. The molecule has 0 saturated carbocycles. The Hall–Kier alpha value is -3.09. The average Bonchev–Trinajstić information content (AvgIpc) is 3.34. The molecule has 164 valence electrons. The second-order valence-electron chi connectivity index (χ2n) is 8.42. The summed E-state index contributed by atoms with van der Waals surface area (Å²) in [7, 11) is 3.77. The summed E-state index contributed by atoms with van der Waals surface area (Å²) in [5, 5.41) is 3.39. The minimum absolute atomic E-state index is 0.592. The molecule has 4 heterocycles. The van der Waals surface area contributed by atoms with E-state index >= 15 is 0 Å². The first-order valence-corrected chi connectivity index (χ1v) is 11.3. The molecule has 0 amide bonds. The van der Waals surface area contributed by atoms with E-state index in [-0.39, 0.29) is 0 Å². The van der Waals surface area contributed by atoms with Crippen LogP contribution in [0.1, 0.15) is 29.7 Å². The van der Waals surface area contributed by atoms with Crippen molar-refractivity contribution in [3.05, 3.63) is 71.6 Å². The number of piperidine rings is 1. The van der Waals surface area contributed by atoms with E-state index in [2.05, 4.69) is 63.7 Å². The zero-order valence-electron chi connectivity index (χ0n) is 18.7. The van der Waals surface area contributed by atoms with E-state index in [4.69, 9.17) is 14.7 Å². The van der Waals surface area contributed by atoms with E-state index in [0.717, 1.165) is 70.8 Å². The van der Waals surface area contributed by atoms with Gasteiger partial charge in [0.1, 0.15) is 0 Å². The molecular weight excluding hydrogens is 398 g/mol. The Kier molecular flexibility index (Phi) is 5.97. The minimum atomic E-state index is 0.592. The van der Waals surface area contributed by atoms with Gasteiger partial charge in [-0.25, -0.2) is 4.98 Å². The van der Waals surface area contributed by atoms with Crippen molar-refractivity contribution in [3.63, 3.8) is 0 Å². The van der Waals surface area contributed by atoms with Crippen molar-refractivity contribution in [1.82, 2.24) is 15.3 Å². The second kappa shape index (κ2) is 9.18. The van der Waals surface area contributed by atoms with Crippen LogP contribution in [0.3, 0.4) is 0 Å². The van der Waals surface area contributed by atoms with Crippen molar-refractivity contribution in [2.24, 2.45) is 4.99 Å². The molecule has 0 radical (unpaired) electrons. The van der Waals surface area contributed by atoms with Crippen LogP contribution in [0.4, 0.5) is 5.69 Å². The molecule has 2 aromatic heterocycles. The van der Waals surface area contributed by atoms with Crippen LogP contribution < -0.4 is 10.2 Å². The van der Waals surface area contributed by atoms with Crippen LogP contribution in [0.25, 0.3) is 16.6 Å². The lowest BCUT2D eigenvalue weighted by Gasteiger charge is -2.33. The molecule has 0 aliphatic carbocycles. The third-order valence-electron chi connectivity index (χ3n) is 6.38. The van der Waals surface area contributed by atoms with Crippen LogP contribution in [0.15, 0.2) is 59.7 Å². The number of methoxy groups -OCH3 is 1. The zero-order valence-corrected chi connectivity index (χ0v) is 18.7. The smallest absolute Gasteiger partial charge is 0.0914 e. The Bertz CT molecular complexity index is 1180. The number of fused-ring (bicyclic) bond motifs is 1. The fraction of sp³-hybridized carbons (Fsp3) is 0.346. The summed E-state index contributed by atoms with van der Waals surface area (Å²) in [6.45, 7) is 3.35. The van der Waals surface area contributed by atoms with E-state index in [0.29, 0.717) is 19.2 Å². The van der Waals surface area contributed by atoms with Gasteiger partial charge in [-0.05, 0) is 49.7 Å². The van der Waals surface area contributed by atoms with Crippen molar-refractivity contribution >= 4 is 28.0 Å². The van der Waals surface area contributed by atoms with Gasteiger partial charge in [0.25, 0.3) is 0 Å². The lowest BCUT2D eigenvalue weighted by atomic mass is 9.98. The monoisotopic (exact) mass is 427 g/mol. The minimum Gasteiger partial charge on any atom is -0.380 e. The van der Waals surface area contributed by atoms with Gasteiger partial charge in [0, 0.05) is 37.4 Å². The highest BCUT2D eigenvalue weighted by Crippen LogP contribution is 2.27. The molecule has 5 rings (SSSR count). The first-order chi connectivity index (χ1) is 15.7. The fourth-order valence-electron chi connectivity index (χ4n) is 4.60. The lowest BCUT2D eigenvalue weighted by molar-refractivity contribution is 0.185. The topological polar surface area (TPSA) is 62.6 Å². The highest BCUT2D eigenvalue weighted by molar-refractivity contribution is 6.32. The number of pyridine rings is 2. The van der Waals surface area contributed by atoms with Crippen LogP contribution in [0, 0.1) is 0 Å². The number of hydrogen-bond donors (Lipinski definition) is 1. The van der Waals surface area contributed by atoms with Crippen LogP contribution in [0.5, 0.6) is 0 Å². The summed E-state index contributed by atoms with van der Waals surface area (Å²) < 4.78 is 5.30. The summed E-state index contributed by atoms with van der Waals surface area (Å²) in [6.07, 6.45) is 6.44. The number of anilines is 1. The largest absolute Gasteiger partial charge is 0.380 e. The first kappa shape index (κ1) is 20.8. The van der Waals surface area contributed by atoms with E-state index in [1.807, 2.05) is 13.2 Å². The van der Waals surface area contributed by atoms with Gasteiger partial charge in [-0.15, -0.1) is 0 Å². The molecule has 0 spiro atoms. The maximum atomic E-state index is 5.30. The van der Waals surface area contributed by atoms with Gasteiger partial charge in [0.15, 0.2) is 0 Å². The number of benzene rings is 1. The molecule has 1 saturated heterocycles. The molecule has 6 nitrogen and oxygen atoms in total. The number of aromatic nitrogens is 2. The quantitative estimate of drug-likeness (QED) is 0.647. The van der Waals surface area contributed by atoms with Crippen LogP contribution in [-0.4, -0.2) is 55.5 Å². The van der Waals surface area contributed by atoms with E-state index in [9.17, 15) is 0 Å². The maximum Gasteiger partial charge on any atom is 0.0914 e. The number of hydrogen-bond acceptors (Lipinski definition) is 6. The zero-order chi connectivity index (χ0) is 21.9. The molecule has 0 bridgehead atoms. The van der Waals surface area contributed by atoms with Gasteiger partial charge >= 0.3 is 0 Å². The van der Waals surface area contributed by atoms with Gasteiger partial charge in [-0.1, -0.05) is 24.3 Å². The number of ether oxygens (including phenoxy) is 1. The van der Waals surface area contributed by atoms with Crippen LogP contribution in [-0.2, 0) is 11.3 Å². The van der Waals surface area contributed by atoms with Gasteiger partial charge in [0.2, 0.25) is 0 Å². The standard InChI is InChI=1S/C26H29N5O/c1-27-20-9-12-31(13-10-20)21-15-25-24(29-16-21)7-6-23(30-25)22-8-11-28-26(22)19-5-3-4-18(14-19)17-32-2/h3-8,14-16,20,27H,9-13,17H2,1-2H3. The predicted molar refractivity (Wildman–Crippen MR) is 130 cm³/mol. The third-order valence-corrected chi connectivity index (χ3v) is 6.38. The Morgan fingerprint density at radius 2 is 1.97 bits per heavy atom. The Labute approximate surface area is 189 Å². The van der Waals surface area contributed by atoms with Crippen molar-refractivity contribution in [2.75, 3.05) is 38.7 Å². The maximum absolute atomic E-state index is 5.30. The Balaban J connectivity index is 1.43. The second-order valence-corrected chi connectivity index (χ2v) is 8.42. The van der Waals surface area contributed by atoms with Crippen LogP contribution >= 0.6 is 0 Å². The normalized spacial score (nSPS) is 17.0. The molecule has 2 aliphatic rings. The number of nitrogens with zero attached hydrogens (tertiary/aromatic N) is 4. The van der Waals surface area contributed by atoms with E-state index < -0.39 is 0 Å². The molecule has 6 heteroatoms. The van der Waals surface area contributed by atoms with Gasteiger partial charge < -0.3 is 15.0 Å². The molecule has 0 unspecified atom stereocenters. The summed E-state index contributed by atoms with van der Waals surface area (Å²) >= 11 is 0. The molecule has 1 aromatic carbocycles. The predicted octanol–water partition coefficient (Wildman–Crippen LogP) is 3.85. The molecule has 1 fully saturated rings. The molecule has 3 aromatic rings. The molecule has 2 aliphatic heterocycles. The summed E-state index contributed by atoms with van der Waals surface area (Å²) in [4.78, 5) is 16.9. The number of rotatable bonds is 6. The van der Waals surface area contributed by atoms with Gasteiger partial charge in [-0.3, -0.25) is 9.98 Å². The molecular formula is C26H29N5O. The first-order valence-electron chi connectivity index (χ1n) is 11.3. The average molecular weight is 428 g/mol. The van der Waals surface area contributed by atoms with Crippen LogP contribution in [0.2, 0.25) is 0 Å². The van der Waals surface area contributed by atoms with Crippen molar-refractivity contribution in [1.29, 1.82) is 0 Å².